The summed E-state index contributed by atoms with van der Waals surface area (Å²) in [6, 6.07) is 9.39. The maximum Gasteiger partial charge on any atom is 0.346 e. The number of halogens is 1. The molecule has 2 aromatic carbocycles. The molecule has 2 aliphatic heterocycles. The first kappa shape index (κ1) is 27.1. The van der Waals surface area contributed by atoms with Crippen LogP contribution in [0, 0.1) is 19.7 Å². The van der Waals surface area contributed by atoms with Gasteiger partial charge in [-0.25, -0.2) is 14.0 Å². The third-order valence-electron chi connectivity index (χ3n) is 6.28. The molecule has 4 rings (SSSR count). The van der Waals surface area contributed by atoms with Crippen molar-refractivity contribution in [2.45, 2.75) is 33.2 Å². The molecule has 2 heterocycles. The van der Waals surface area contributed by atoms with Gasteiger partial charge < -0.3 is 9.47 Å². The summed E-state index contributed by atoms with van der Waals surface area (Å²) in [4.78, 5) is 41.1. The number of rotatable bonds is 3. The minimum absolute atomic E-state index is 0.117. The number of amides is 1. The molecule has 6 nitrogen and oxygen atoms in total. The average Bonchev–Trinajstić information content (AvgIpc) is 3.30. The van der Waals surface area contributed by atoms with Crippen molar-refractivity contribution in [3.8, 4) is 0 Å². The third kappa shape index (κ3) is 4.62. The lowest BCUT2D eigenvalue weighted by molar-refractivity contribution is -0.138. The van der Waals surface area contributed by atoms with Gasteiger partial charge in [-0.1, -0.05) is 41.8 Å². The zero-order valence-corrected chi connectivity index (χ0v) is 23.5. The van der Waals surface area contributed by atoms with E-state index in [1.165, 1.54) is 32.4 Å². The second-order valence-electron chi connectivity index (χ2n) is 9.00. The number of methoxy groups -OCH3 is 2. The molecule has 192 valence electrons. The van der Waals surface area contributed by atoms with E-state index in [0.717, 1.165) is 34.7 Å². The first-order chi connectivity index (χ1) is 17.4. The van der Waals surface area contributed by atoms with E-state index < -0.39 is 29.2 Å². The van der Waals surface area contributed by atoms with Crippen molar-refractivity contribution < 1.29 is 28.2 Å². The van der Waals surface area contributed by atoms with Gasteiger partial charge >= 0.3 is 11.9 Å². The van der Waals surface area contributed by atoms with Crippen LogP contribution >= 0.6 is 35.7 Å². The zero-order chi connectivity index (χ0) is 27.2. The van der Waals surface area contributed by atoms with Gasteiger partial charge in [-0.2, -0.15) is 0 Å². The smallest absolute Gasteiger partial charge is 0.346 e. The second kappa shape index (κ2) is 10.1. The number of hydrogen-bond acceptors (Lipinski definition) is 8. The van der Waals surface area contributed by atoms with E-state index in [1.54, 1.807) is 11.0 Å². The molecule has 0 aliphatic carbocycles. The predicted molar refractivity (Wildman–Crippen MR) is 149 cm³/mol. The molecule has 0 bridgehead atoms. The lowest BCUT2D eigenvalue weighted by atomic mass is 9.81. The Hall–Kier alpha value is -2.95. The number of nitrogens with zero attached hydrogens (tertiary/aromatic N) is 1. The Balaban J connectivity index is 1.96. The molecule has 0 N–H and O–H groups in total. The van der Waals surface area contributed by atoms with E-state index in [0.29, 0.717) is 25.9 Å². The fraction of sp³-hybridized carbons (Fsp3) is 0.259. The van der Waals surface area contributed by atoms with E-state index in [2.05, 4.69) is 0 Å². The summed E-state index contributed by atoms with van der Waals surface area (Å²) < 4.78 is 24.4. The van der Waals surface area contributed by atoms with E-state index in [1.807, 2.05) is 39.8 Å². The number of carbonyl (C=O) groups is 3. The van der Waals surface area contributed by atoms with E-state index in [9.17, 15) is 18.8 Å². The van der Waals surface area contributed by atoms with Crippen LogP contribution in [0.4, 0.5) is 10.1 Å². The second-order valence-corrected chi connectivity index (χ2v) is 11.7. The van der Waals surface area contributed by atoms with Crippen LogP contribution in [-0.2, 0) is 19.1 Å². The minimum atomic E-state index is -1.00. The lowest BCUT2D eigenvalue weighted by Gasteiger charge is -2.45. The largest absolute Gasteiger partial charge is 0.465 e. The molecule has 0 saturated heterocycles. The Bertz CT molecular complexity index is 1410. The molecule has 0 saturated carbocycles. The van der Waals surface area contributed by atoms with Crippen LogP contribution in [0.15, 0.2) is 50.4 Å². The zero-order valence-electron chi connectivity index (χ0n) is 21.1. The maximum absolute atomic E-state index is 14.0. The Morgan fingerprint density at radius 1 is 0.946 bits per heavy atom. The molecule has 0 fully saturated rings. The summed E-state index contributed by atoms with van der Waals surface area (Å²) in [5.41, 5.74) is 3.06. The van der Waals surface area contributed by atoms with Crippen LogP contribution in [0.25, 0.3) is 5.57 Å². The highest BCUT2D eigenvalue weighted by Gasteiger charge is 2.46. The Labute approximate surface area is 228 Å². The van der Waals surface area contributed by atoms with E-state index in [4.69, 9.17) is 21.7 Å². The number of fused-ring (bicyclic) bond motifs is 1. The number of esters is 2. The molecule has 37 heavy (non-hydrogen) atoms. The quantitative estimate of drug-likeness (QED) is 0.260. The summed E-state index contributed by atoms with van der Waals surface area (Å²) in [6.45, 7) is 7.54. The summed E-state index contributed by atoms with van der Waals surface area (Å²) in [5.74, 6) is -2.21. The van der Waals surface area contributed by atoms with Crippen molar-refractivity contribution >= 4 is 69.7 Å². The first-order valence-corrected chi connectivity index (χ1v) is 13.2. The average molecular weight is 558 g/mol. The molecular formula is C27H24FNO5S3. The summed E-state index contributed by atoms with van der Waals surface area (Å²) in [5, 5.41) is 0. The van der Waals surface area contributed by atoms with Crippen molar-refractivity contribution in [1.29, 1.82) is 0 Å². The molecular weight excluding hydrogens is 533 g/mol. The van der Waals surface area contributed by atoms with Gasteiger partial charge in [0.2, 0.25) is 0 Å². The molecule has 2 aliphatic rings. The van der Waals surface area contributed by atoms with Crippen molar-refractivity contribution in [2.75, 3.05) is 19.1 Å². The van der Waals surface area contributed by atoms with Crippen LogP contribution < -0.4 is 4.90 Å². The number of ether oxygens (including phenoxy) is 2. The van der Waals surface area contributed by atoms with Crippen molar-refractivity contribution in [3.63, 3.8) is 0 Å². The standard InChI is InChI=1S/C27H24FNO5S3/c1-13-10-17-18(11-14(13)2)29(23(30)15-8-7-9-16(28)12-15)27(3,4)22(35)19(17)26-36-20(24(31)33-5)21(37-26)25(32)34-6/h7-12H,1-6H3. The van der Waals surface area contributed by atoms with E-state index >= 15 is 0 Å². The fourth-order valence-electron chi connectivity index (χ4n) is 4.19. The third-order valence-corrected chi connectivity index (χ3v) is 9.54. The van der Waals surface area contributed by atoms with Crippen molar-refractivity contribution in [2.24, 2.45) is 0 Å². The highest BCUT2D eigenvalue weighted by atomic mass is 32.2. The molecule has 0 radical (unpaired) electrons. The Morgan fingerprint density at radius 2 is 1.51 bits per heavy atom. The van der Waals surface area contributed by atoms with Crippen LogP contribution in [0.5, 0.6) is 0 Å². The van der Waals surface area contributed by atoms with E-state index in [-0.39, 0.29) is 15.4 Å². The van der Waals surface area contributed by atoms with Gasteiger partial charge in [0.1, 0.15) is 15.6 Å². The number of hydrogen-bond donors (Lipinski definition) is 0. The van der Waals surface area contributed by atoms with Crippen LogP contribution in [0.1, 0.15) is 40.9 Å². The Kier molecular flexibility index (Phi) is 7.38. The Morgan fingerprint density at radius 3 is 2.05 bits per heavy atom. The van der Waals surface area contributed by atoms with Crippen LogP contribution in [0.3, 0.4) is 0 Å². The lowest BCUT2D eigenvalue weighted by Crippen LogP contribution is -2.56. The van der Waals surface area contributed by atoms with Crippen molar-refractivity contribution in [3.05, 3.63) is 78.5 Å². The summed E-state index contributed by atoms with van der Waals surface area (Å²) >= 11 is 8.17. The van der Waals surface area contributed by atoms with Crippen LogP contribution in [0.2, 0.25) is 0 Å². The van der Waals surface area contributed by atoms with Gasteiger partial charge in [0.05, 0.1) is 34.5 Å². The predicted octanol–water partition coefficient (Wildman–Crippen LogP) is 5.96. The number of benzene rings is 2. The number of carbonyl (C=O) groups excluding carboxylic acids is 3. The summed E-state index contributed by atoms with van der Waals surface area (Å²) in [7, 11) is 2.48. The number of aryl methyl sites for hydroxylation is 2. The molecule has 2 aromatic rings. The topological polar surface area (TPSA) is 72.9 Å². The van der Waals surface area contributed by atoms with Crippen molar-refractivity contribution in [1.82, 2.24) is 0 Å². The van der Waals surface area contributed by atoms with Gasteiger partial charge in [0.25, 0.3) is 5.91 Å². The highest BCUT2D eigenvalue weighted by molar-refractivity contribution is 8.29. The molecule has 0 unspecified atom stereocenters. The summed E-state index contributed by atoms with van der Waals surface area (Å²) in [6.07, 6.45) is 0. The van der Waals surface area contributed by atoms with Crippen LogP contribution in [-0.4, -0.2) is 42.5 Å². The SMILES string of the molecule is COC(=O)C1=C(C(=O)OC)SC(=C2C(=S)C(C)(C)N(C(=O)c3cccc(F)c3)c3cc(C)c(C)cc32)S1. The normalized spacial score (nSPS) is 16.6. The molecule has 0 aromatic heterocycles. The number of thiocarbonyl (C=S) groups is 1. The van der Waals surface area contributed by atoms with Gasteiger partial charge in [-0.15, -0.1) is 0 Å². The maximum atomic E-state index is 14.0. The van der Waals surface area contributed by atoms with Gasteiger partial charge in [0.15, 0.2) is 0 Å². The van der Waals surface area contributed by atoms with Gasteiger partial charge in [-0.3, -0.25) is 9.69 Å². The molecule has 1 amide bonds. The first-order valence-electron chi connectivity index (χ1n) is 11.2. The van der Waals surface area contributed by atoms with Gasteiger partial charge in [-0.05, 0) is 69.2 Å². The minimum Gasteiger partial charge on any atom is -0.465 e. The fourth-order valence-corrected chi connectivity index (χ4v) is 7.22. The van der Waals surface area contributed by atoms with Gasteiger partial charge in [0, 0.05) is 16.7 Å². The molecule has 10 heteroatoms. The number of anilines is 1. The molecule has 0 atom stereocenters. The molecule has 0 spiro atoms. The monoisotopic (exact) mass is 557 g/mol. The highest BCUT2D eigenvalue weighted by Crippen LogP contribution is 2.56. The number of thioether (sulfide) groups is 2.